The van der Waals surface area contributed by atoms with Gasteiger partial charge in [-0.1, -0.05) is 6.92 Å². The number of carbonyl (C=O) groups is 1. The molecule has 0 aliphatic carbocycles. The molecule has 1 aliphatic heterocycles. The van der Waals surface area contributed by atoms with Gasteiger partial charge >= 0.3 is 0 Å². The maximum absolute atomic E-state index is 12.9. The van der Waals surface area contributed by atoms with E-state index in [-0.39, 0.29) is 11.3 Å². The van der Waals surface area contributed by atoms with E-state index < -0.39 is 16.6 Å². The fraction of sp³-hybridized carbons (Fsp3) is 0.316. The van der Waals surface area contributed by atoms with Crippen LogP contribution in [0.15, 0.2) is 42.5 Å². The SMILES string of the molecule is CC1CCN(c2ccc(C(=O)Nc3ccc(F)cc3)cc2[N+](=O)[O-])CC1. The first-order valence-corrected chi connectivity index (χ1v) is 8.54. The number of piperidine rings is 1. The first-order valence-electron chi connectivity index (χ1n) is 8.54. The minimum Gasteiger partial charge on any atom is -0.366 e. The van der Waals surface area contributed by atoms with E-state index in [0.717, 1.165) is 25.9 Å². The van der Waals surface area contributed by atoms with Crippen molar-refractivity contribution in [3.05, 3.63) is 64.0 Å². The third-order valence-corrected chi connectivity index (χ3v) is 4.66. The minimum atomic E-state index is -0.474. The number of nitro groups is 1. The summed E-state index contributed by atoms with van der Waals surface area (Å²) in [5.41, 5.74) is 1.08. The summed E-state index contributed by atoms with van der Waals surface area (Å²) in [6.45, 7) is 3.71. The highest BCUT2D eigenvalue weighted by atomic mass is 19.1. The van der Waals surface area contributed by atoms with Crippen molar-refractivity contribution in [2.45, 2.75) is 19.8 Å². The molecule has 0 unspecified atom stereocenters. The number of hydrogen-bond donors (Lipinski definition) is 1. The Labute approximate surface area is 150 Å². The van der Waals surface area contributed by atoms with Crippen molar-refractivity contribution < 1.29 is 14.1 Å². The Morgan fingerprint density at radius 3 is 2.46 bits per heavy atom. The summed E-state index contributed by atoms with van der Waals surface area (Å²) in [5, 5.41) is 14.1. The normalized spacial score (nSPS) is 14.9. The van der Waals surface area contributed by atoms with Crippen molar-refractivity contribution in [1.82, 2.24) is 0 Å². The Hall–Kier alpha value is -2.96. The maximum Gasteiger partial charge on any atom is 0.293 e. The molecule has 0 bridgehead atoms. The van der Waals surface area contributed by atoms with Gasteiger partial charge in [-0.15, -0.1) is 0 Å². The summed E-state index contributed by atoms with van der Waals surface area (Å²) >= 11 is 0. The molecule has 0 spiro atoms. The number of benzene rings is 2. The second-order valence-electron chi connectivity index (χ2n) is 6.59. The van der Waals surface area contributed by atoms with Gasteiger partial charge in [-0.25, -0.2) is 4.39 Å². The fourth-order valence-electron chi connectivity index (χ4n) is 3.06. The van der Waals surface area contributed by atoms with Crippen LogP contribution < -0.4 is 10.2 Å². The van der Waals surface area contributed by atoms with Crippen LogP contribution in [-0.2, 0) is 0 Å². The molecule has 1 amide bonds. The van der Waals surface area contributed by atoms with Gasteiger partial charge in [0.2, 0.25) is 0 Å². The van der Waals surface area contributed by atoms with Crippen molar-refractivity contribution in [3.63, 3.8) is 0 Å². The summed E-state index contributed by atoms with van der Waals surface area (Å²) in [6, 6.07) is 9.85. The first kappa shape index (κ1) is 17.8. The lowest BCUT2D eigenvalue weighted by atomic mass is 9.98. The van der Waals surface area contributed by atoms with Crippen LogP contribution in [0.2, 0.25) is 0 Å². The number of nitrogens with one attached hydrogen (secondary N) is 1. The predicted molar refractivity (Wildman–Crippen MR) is 98.1 cm³/mol. The summed E-state index contributed by atoms with van der Waals surface area (Å²) in [6.07, 6.45) is 1.98. The molecule has 0 saturated carbocycles. The van der Waals surface area contributed by atoms with E-state index >= 15 is 0 Å². The van der Waals surface area contributed by atoms with Crippen LogP contribution in [0, 0.1) is 21.8 Å². The molecule has 1 fully saturated rings. The van der Waals surface area contributed by atoms with Gasteiger partial charge in [-0.3, -0.25) is 14.9 Å². The number of halogens is 1. The summed E-state index contributed by atoms with van der Waals surface area (Å²) in [5.74, 6) is -0.261. The number of nitrogens with zero attached hydrogens (tertiary/aromatic N) is 2. The average Bonchev–Trinajstić information content (AvgIpc) is 2.63. The zero-order valence-corrected chi connectivity index (χ0v) is 14.4. The molecular weight excluding hydrogens is 337 g/mol. The third-order valence-electron chi connectivity index (χ3n) is 4.66. The summed E-state index contributed by atoms with van der Waals surface area (Å²) in [7, 11) is 0. The molecule has 1 aliphatic rings. The minimum absolute atomic E-state index is 0.0775. The van der Waals surface area contributed by atoms with Crippen molar-refractivity contribution in [2.24, 2.45) is 5.92 Å². The molecule has 26 heavy (non-hydrogen) atoms. The van der Waals surface area contributed by atoms with Gasteiger partial charge in [-0.2, -0.15) is 0 Å². The Bertz CT molecular complexity index is 815. The van der Waals surface area contributed by atoms with Gasteiger partial charge in [0.15, 0.2) is 0 Å². The van der Waals surface area contributed by atoms with Crippen LogP contribution in [0.5, 0.6) is 0 Å². The van der Waals surface area contributed by atoms with Gasteiger partial charge in [0.05, 0.1) is 4.92 Å². The highest BCUT2D eigenvalue weighted by molar-refractivity contribution is 6.05. The van der Waals surface area contributed by atoms with Gasteiger partial charge in [-0.05, 0) is 55.2 Å². The summed E-state index contributed by atoms with van der Waals surface area (Å²) < 4.78 is 12.9. The molecule has 1 heterocycles. The second kappa shape index (κ2) is 7.51. The van der Waals surface area contributed by atoms with Crippen LogP contribution in [0.4, 0.5) is 21.5 Å². The van der Waals surface area contributed by atoms with Crippen LogP contribution in [-0.4, -0.2) is 23.9 Å². The number of nitro benzene ring substituents is 1. The van der Waals surface area contributed by atoms with Crippen LogP contribution >= 0.6 is 0 Å². The fourth-order valence-corrected chi connectivity index (χ4v) is 3.06. The topological polar surface area (TPSA) is 75.5 Å². The Morgan fingerprint density at radius 1 is 1.19 bits per heavy atom. The highest BCUT2D eigenvalue weighted by Crippen LogP contribution is 2.32. The van der Waals surface area contributed by atoms with Crippen molar-refractivity contribution in [1.29, 1.82) is 0 Å². The van der Waals surface area contributed by atoms with Gasteiger partial charge < -0.3 is 10.2 Å². The van der Waals surface area contributed by atoms with Crippen molar-refractivity contribution in [2.75, 3.05) is 23.3 Å². The van der Waals surface area contributed by atoms with E-state index in [4.69, 9.17) is 0 Å². The zero-order chi connectivity index (χ0) is 18.7. The van der Waals surface area contributed by atoms with Gasteiger partial charge in [0.25, 0.3) is 11.6 Å². The number of carbonyl (C=O) groups excluding carboxylic acids is 1. The zero-order valence-electron chi connectivity index (χ0n) is 14.4. The number of hydrogen-bond acceptors (Lipinski definition) is 4. The molecular formula is C19H20FN3O3. The smallest absolute Gasteiger partial charge is 0.293 e. The molecule has 1 saturated heterocycles. The maximum atomic E-state index is 12.9. The van der Waals surface area contributed by atoms with E-state index in [1.807, 2.05) is 4.90 Å². The van der Waals surface area contributed by atoms with E-state index in [2.05, 4.69) is 12.2 Å². The molecule has 2 aromatic rings. The summed E-state index contributed by atoms with van der Waals surface area (Å²) in [4.78, 5) is 25.4. The molecule has 0 radical (unpaired) electrons. The number of amides is 1. The molecule has 0 aromatic heterocycles. The van der Waals surface area contributed by atoms with Gasteiger partial charge in [0.1, 0.15) is 11.5 Å². The van der Waals surface area contributed by atoms with Crippen LogP contribution in [0.3, 0.4) is 0 Å². The van der Waals surface area contributed by atoms with Crippen molar-refractivity contribution in [3.8, 4) is 0 Å². The molecule has 6 nitrogen and oxygen atoms in total. The van der Waals surface area contributed by atoms with Crippen LogP contribution in [0.25, 0.3) is 0 Å². The lowest BCUT2D eigenvalue weighted by Gasteiger charge is -2.31. The standard InChI is InChI=1S/C19H20FN3O3/c1-13-8-10-22(11-9-13)17-7-2-14(12-18(17)23(25)26)19(24)21-16-5-3-15(20)4-6-16/h2-7,12-13H,8-11H2,1H3,(H,21,24). The number of anilines is 2. The number of rotatable bonds is 4. The highest BCUT2D eigenvalue weighted by Gasteiger charge is 2.24. The monoisotopic (exact) mass is 357 g/mol. The first-order chi connectivity index (χ1) is 12.4. The van der Waals surface area contributed by atoms with E-state index in [9.17, 15) is 19.3 Å². The molecule has 0 atom stereocenters. The molecule has 3 rings (SSSR count). The lowest BCUT2D eigenvalue weighted by molar-refractivity contribution is -0.384. The molecule has 7 heteroatoms. The second-order valence-corrected chi connectivity index (χ2v) is 6.59. The Balaban J connectivity index is 1.82. The largest absolute Gasteiger partial charge is 0.366 e. The van der Waals surface area contributed by atoms with Crippen LogP contribution in [0.1, 0.15) is 30.1 Å². The lowest BCUT2D eigenvalue weighted by Crippen LogP contribution is -2.33. The predicted octanol–water partition coefficient (Wildman–Crippen LogP) is 4.22. The van der Waals surface area contributed by atoms with Crippen molar-refractivity contribution >= 4 is 23.0 Å². The van der Waals surface area contributed by atoms with E-state index in [1.54, 1.807) is 12.1 Å². The van der Waals surface area contributed by atoms with Gasteiger partial charge in [0, 0.05) is 30.4 Å². The quantitative estimate of drug-likeness (QED) is 0.656. The van der Waals surface area contributed by atoms with E-state index in [0.29, 0.717) is 17.3 Å². The Kier molecular flexibility index (Phi) is 5.16. The third kappa shape index (κ3) is 3.99. The van der Waals surface area contributed by atoms with E-state index in [1.165, 1.54) is 30.3 Å². The average molecular weight is 357 g/mol. The molecule has 1 N–H and O–H groups in total. The molecule has 136 valence electrons. The molecule has 2 aromatic carbocycles. The Morgan fingerprint density at radius 2 is 1.85 bits per heavy atom.